The first-order chi connectivity index (χ1) is 19.6. The molecule has 42 heavy (non-hydrogen) atoms. The molecule has 0 heterocycles. The maximum Gasteiger partial charge on any atom is 0.336 e. The first kappa shape index (κ1) is 29.3. The Bertz CT molecular complexity index is 1480. The Hall–Kier alpha value is -2.74. The highest BCUT2D eigenvalue weighted by atomic mass is 16.5. The molecule has 226 valence electrons. The van der Waals surface area contributed by atoms with Crippen LogP contribution in [-0.2, 0) is 14.3 Å². The number of carbonyl (C=O) groups is 2. The summed E-state index contributed by atoms with van der Waals surface area (Å²) in [5, 5.41) is 35.6. The predicted octanol–water partition coefficient (Wildman–Crippen LogP) is 5.31. The molecule has 2 aromatic rings. The van der Waals surface area contributed by atoms with Crippen LogP contribution in [0.1, 0.15) is 78.7 Å². The molecule has 5 N–H and O–H groups in total. The second-order valence-electron chi connectivity index (χ2n) is 14.7. The van der Waals surface area contributed by atoms with Crippen LogP contribution in [0.4, 0.5) is 0 Å². The number of aliphatic carboxylic acids is 1. The van der Waals surface area contributed by atoms with Gasteiger partial charge < -0.3 is 25.8 Å². The summed E-state index contributed by atoms with van der Waals surface area (Å²) < 4.78 is 5.97. The summed E-state index contributed by atoms with van der Waals surface area (Å²) in [6.07, 6.45) is 1.89. The van der Waals surface area contributed by atoms with Gasteiger partial charge in [-0.3, -0.25) is 4.79 Å². The first-order valence-corrected chi connectivity index (χ1v) is 15.4. The number of carbonyl (C=O) groups excluding carboxylic acids is 1. The van der Waals surface area contributed by atoms with Crippen molar-refractivity contribution in [3.05, 3.63) is 53.6 Å². The number of esters is 1. The number of benzene rings is 2. The molecule has 6 rings (SSSR count). The molecule has 4 fully saturated rings. The monoisotopic (exact) mass is 575 g/mol. The smallest absolute Gasteiger partial charge is 0.336 e. The summed E-state index contributed by atoms with van der Waals surface area (Å²) in [7, 11) is 0. The van der Waals surface area contributed by atoms with Gasteiger partial charge in [-0.25, -0.2) is 4.79 Å². The fraction of sp³-hybridized carbons (Fsp3) is 0.600. The van der Waals surface area contributed by atoms with E-state index in [1.54, 1.807) is 0 Å². The zero-order chi connectivity index (χ0) is 30.4. The van der Waals surface area contributed by atoms with Crippen molar-refractivity contribution in [2.75, 3.05) is 0 Å². The average Bonchev–Trinajstić information content (AvgIpc) is 3.17. The Kier molecular flexibility index (Phi) is 6.73. The van der Waals surface area contributed by atoms with Crippen LogP contribution in [0, 0.1) is 34.0 Å². The van der Waals surface area contributed by atoms with Gasteiger partial charge in [0.25, 0.3) is 0 Å². The zero-order valence-corrected chi connectivity index (χ0v) is 25.4. The van der Waals surface area contributed by atoms with Crippen LogP contribution in [0.25, 0.3) is 16.3 Å². The number of aliphatic hydroxyl groups excluding tert-OH is 2. The third kappa shape index (κ3) is 3.96. The molecule has 7 heteroatoms. The maximum atomic E-state index is 13.1. The SMILES string of the molecule is CC(=O)O[C@H]1C[C@@]2(C)[C@@H](C[C@@H](O)[C@H]3[C@@]4(C)CC[C@@H](O)[C@](C)(N)C4CC[C@@]32C)/C1=C(/C(=O)O)c1ccc2ccccc2c1. The van der Waals surface area contributed by atoms with Crippen molar-refractivity contribution < 1.29 is 29.6 Å². The van der Waals surface area contributed by atoms with E-state index in [-0.39, 0.29) is 34.2 Å². The minimum Gasteiger partial charge on any atom is -0.478 e. The summed E-state index contributed by atoms with van der Waals surface area (Å²) in [5.74, 6) is -1.82. The number of rotatable bonds is 3. The van der Waals surface area contributed by atoms with E-state index in [1.165, 1.54) is 6.92 Å². The maximum absolute atomic E-state index is 13.1. The lowest BCUT2D eigenvalue weighted by Crippen LogP contribution is -2.71. The van der Waals surface area contributed by atoms with Gasteiger partial charge in [0.15, 0.2) is 0 Å². The molecule has 0 amide bonds. The van der Waals surface area contributed by atoms with E-state index in [2.05, 4.69) is 20.8 Å². The molecule has 0 aromatic heterocycles. The van der Waals surface area contributed by atoms with Gasteiger partial charge in [0.05, 0.1) is 17.8 Å². The van der Waals surface area contributed by atoms with Gasteiger partial charge in [-0.15, -0.1) is 0 Å². The molecule has 0 saturated heterocycles. The van der Waals surface area contributed by atoms with E-state index in [0.29, 0.717) is 30.4 Å². The van der Waals surface area contributed by atoms with E-state index < -0.39 is 41.2 Å². The van der Waals surface area contributed by atoms with Crippen molar-refractivity contribution in [2.45, 2.75) is 97.0 Å². The number of carboxylic acid groups (broad SMARTS) is 1. The molecule has 1 unspecified atom stereocenters. The van der Waals surface area contributed by atoms with Gasteiger partial charge in [0.2, 0.25) is 0 Å². The number of hydrogen-bond donors (Lipinski definition) is 4. The summed E-state index contributed by atoms with van der Waals surface area (Å²) in [5.41, 5.74) is 6.35. The lowest BCUT2D eigenvalue weighted by Gasteiger charge is -2.70. The second kappa shape index (κ2) is 9.63. The van der Waals surface area contributed by atoms with Gasteiger partial charge >= 0.3 is 11.9 Å². The van der Waals surface area contributed by atoms with Crippen LogP contribution < -0.4 is 5.73 Å². The fourth-order valence-electron chi connectivity index (χ4n) is 10.7. The highest BCUT2D eigenvalue weighted by molar-refractivity contribution is 6.17. The van der Waals surface area contributed by atoms with Crippen molar-refractivity contribution in [1.29, 1.82) is 0 Å². The van der Waals surface area contributed by atoms with Gasteiger partial charge in [0, 0.05) is 12.5 Å². The van der Waals surface area contributed by atoms with Crippen LogP contribution >= 0.6 is 0 Å². The van der Waals surface area contributed by atoms with Crippen LogP contribution in [0.15, 0.2) is 48.0 Å². The third-order valence-electron chi connectivity index (χ3n) is 12.7. The summed E-state index contributed by atoms with van der Waals surface area (Å²) in [6, 6.07) is 13.5. The molecule has 4 saturated carbocycles. The molecule has 0 aliphatic heterocycles. The van der Waals surface area contributed by atoms with Crippen LogP contribution in [0.3, 0.4) is 0 Å². The fourth-order valence-corrected chi connectivity index (χ4v) is 10.7. The van der Waals surface area contributed by atoms with Crippen LogP contribution in [-0.4, -0.2) is 51.1 Å². The molecule has 0 spiro atoms. The summed E-state index contributed by atoms with van der Waals surface area (Å²) >= 11 is 0. The number of ether oxygens (including phenoxy) is 1. The second-order valence-corrected chi connectivity index (χ2v) is 14.7. The van der Waals surface area contributed by atoms with Gasteiger partial charge in [0.1, 0.15) is 6.10 Å². The first-order valence-electron chi connectivity index (χ1n) is 15.4. The third-order valence-corrected chi connectivity index (χ3v) is 12.7. The minimum absolute atomic E-state index is 0.0505. The topological polar surface area (TPSA) is 130 Å². The van der Waals surface area contributed by atoms with Crippen molar-refractivity contribution >= 4 is 28.3 Å². The largest absolute Gasteiger partial charge is 0.478 e. The van der Waals surface area contributed by atoms with Gasteiger partial charge in [-0.2, -0.15) is 0 Å². The molecule has 2 aromatic carbocycles. The van der Waals surface area contributed by atoms with Crippen LogP contribution in [0.5, 0.6) is 0 Å². The number of hydrogen-bond acceptors (Lipinski definition) is 6. The number of aliphatic hydroxyl groups is 2. The quantitative estimate of drug-likeness (QED) is 0.288. The molecule has 7 nitrogen and oxygen atoms in total. The van der Waals surface area contributed by atoms with Crippen LogP contribution in [0.2, 0.25) is 0 Å². The lowest BCUT2D eigenvalue weighted by molar-refractivity contribution is -0.237. The number of carboxylic acids is 1. The predicted molar refractivity (Wildman–Crippen MR) is 161 cm³/mol. The van der Waals surface area contributed by atoms with Crippen molar-refractivity contribution in [1.82, 2.24) is 0 Å². The molecule has 4 aliphatic carbocycles. The molecular weight excluding hydrogens is 530 g/mol. The average molecular weight is 576 g/mol. The normalized spacial score (nSPS) is 44.1. The summed E-state index contributed by atoms with van der Waals surface area (Å²) in [4.78, 5) is 25.6. The Morgan fingerprint density at radius 1 is 0.952 bits per heavy atom. The number of nitrogens with two attached hydrogens (primary N) is 1. The Morgan fingerprint density at radius 3 is 2.31 bits per heavy atom. The Morgan fingerprint density at radius 2 is 1.64 bits per heavy atom. The molecule has 0 bridgehead atoms. The lowest BCUT2D eigenvalue weighted by atomic mass is 9.36. The Labute approximate surface area is 248 Å². The molecule has 10 atom stereocenters. The van der Waals surface area contributed by atoms with E-state index in [0.717, 1.165) is 30.0 Å². The zero-order valence-electron chi connectivity index (χ0n) is 25.4. The van der Waals surface area contributed by atoms with Crippen molar-refractivity contribution in [3.63, 3.8) is 0 Å². The highest BCUT2D eigenvalue weighted by Crippen LogP contribution is 2.74. The van der Waals surface area contributed by atoms with E-state index >= 15 is 0 Å². The molecular formula is C35H45NO6. The van der Waals surface area contributed by atoms with Gasteiger partial charge in [-0.1, -0.05) is 57.2 Å². The molecule has 0 radical (unpaired) electrons. The minimum atomic E-state index is -1.06. The summed E-state index contributed by atoms with van der Waals surface area (Å²) in [6.45, 7) is 10.1. The van der Waals surface area contributed by atoms with Crippen molar-refractivity contribution in [2.24, 2.45) is 39.7 Å². The highest BCUT2D eigenvalue weighted by Gasteiger charge is 2.72. The Balaban J connectivity index is 1.52. The van der Waals surface area contributed by atoms with E-state index in [9.17, 15) is 24.9 Å². The van der Waals surface area contributed by atoms with E-state index in [4.69, 9.17) is 10.5 Å². The van der Waals surface area contributed by atoms with E-state index in [1.807, 2.05) is 49.4 Å². The number of fused-ring (bicyclic) bond motifs is 6. The standard InChI is InChI=1S/C35H45NO6/c1-19(37)42-25-18-34(4)23(29(25)28(31(40)41)22-11-10-20-8-6-7-9-21(20)16-22)17-24(38)30-32(2)14-13-27(39)35(5,36)26(32)12-15-33(30,34)3/h6-11,16,23-27,30,38-39H,12-15,17-18,36H2,1-5H3,(H,40,41)/b29-28-/t23-,24+,25-,26?,27+,30-,32-,33-,34-,35+/m0/s1. The van der Waals surface area contributed by atoms with Gasteiger partial charge in [-0.05, 0) is 107 Å². The van der Waals surface area contributed by atoms with Crippen molar-refractivity contribution in [3.8, 4) is 0 Å². The molecule has 4 aliphatic rings.